The Morgan fingerprint density at radius 1 is 1.39 bits per heavy atom. The van der Waals surface area contributed by atoms with Gasteiger partial charge in [0.25, 0.3) is 5.91 Å². The lowest BCUT2D eigenvalue weighted by Crippen LogP contribution is -2.37. The second-order valence-corrected chi connectivity index (χ2v) is 8.89. The van der Waals surface area contributed by atoms with E-state index in [0.29, 0.717) is 18.0 Å². The minimum absolute atomic E-state index is 0.0298. The summed E-state index contributed by atoms with van der Waals surface area (Å²) in [6.45, 7) is 4.23. The van der Waals surface area contributed by atoms with Crippen LogP contribution in [-0.2, 0) is 9.84 Å². The van der Waals surface area contributed by atoms with E-state index in [-0.39, 0.29) is 23.5 Å². The number of hydrogen-bond donors (Lipinski definition) is 1. The average molecular weight is 337 g/mol. The van der Waals surface area contributed by atoms with Gasteiger partial charge in [0.2, 0.25) is 0 Å². The molecule has 0 saturated carbocycles. The van der Waals surface area contributed by atoms with Gasteiger partial charge in [0.1, 0.15) is 5.69 Å². The van der Waals surface area contributed by atoms with Crippen molar-refractivity contribution in [1.29, 1.82) is 0 Å². The molecule has 0 bridgehead atoms. The van der Waals surface area contributed by atoms with Crippen LogP contribution in [-0.4, -0.2) is 49.9 Å². The van der Waals surface area contributed by atoms with Crippen molar-refractivity contribution in [1.82, 2.24) is 10.3 Å². The van der Waals surface area contributed by atoms with Gasteiger partial charge in [-0.2, -0.15) is 0 Å². The summed E-state index contributed by atoms with van der Waals surface area (Å²) in [6, 6.07) is 3.43. The third kappa shape index (κ3) is 4.02. The first-order chi connectivity index (χ1) is 10.9. The van der Waals surface area contributed by atoms with E-state index in [1.807, 2.05) is 6.07 Å². The van der Waals surface area contributed by atoms with E-state index in [9.17, 15) is 13.2 Å². The van der Waals surface area contributed by atoms with Crippen LogP contribution in [0.5, 0.6) is 0 Å². The summed E-state index contributed by atoms with van der Waals surface area (Å²) in [4.78, 5) is 18.8. The number of aromatic nitrogens is 1. The zero-order chi connectivity index (χ0) is 16.4. The highest BCUT2D eigenvalue weighted by Gasteiger charge is 2.29. The maximum atomic E-state index is 12.3. The van der Waals surface area contributed by atoms with Crippen LogP contribution in [0.15, 0.2) is 18.3 Å². The lowest BCUT2D eigenvalue weighted by Gasteiger charge is -2.32. The number of nitrogens with zero attached hydrogens (tertiary/aromatic N) is 2. The molecule has 6 nitrogen and oxygen atoms in total. The topological polar surface area (TPSA) is 79.4 Å². The predicted octanol–water partition coefficient (Wildman–Crippen LogP) is 1.23. The zero-order valence-electron chi connectivity index (χ0n) is 13.4. The third-order valence-electron chi connectivity index (χ3n) is 4.57. The van der Waals surface area contributed by atoms with Crippen LogP contribution in [0, 0.1) is 5.92 Å². The van der Waals surface area contributed by atoms with Crippen LogP contribution in [0.2, 0.25) is 0 Å². The molecule has 1 N–H and O–H groups in total. The van der Waals surface area contributed by atoms with Crippen molar-refractivity contribution in [3.8, 4) is 0 Å². The van der Waals surface area contributed by atoms with E-state index in [4.69, 9.17) is 0 Å². The minimum atomic E-state index is -3.00. The standard InChI is InChI=1S/C16H23N3O3S/c1-12-3-2-7-19(10-12)14-4-6-17-15(9-14)16(20)18-13-5-8-23(21,22)11-13/h4,6,9,12-13H,2-3,5,7-8,10-11H2,1H3,(H,18,20). The summed E-state index contributed by atoms with van der Waals surface area (Å²) < 4.78 is 23.0. The van der Waals surface area contributed by atoms with Crippen molar-refractivity contribution in [2.45, 2.75) is 32.2 Å². The summed E-state index contributed by atoms with van der Waals surface area (Å²) in [7, 11) is -3.00. The maximum Gasteiger partial charge on any atom is 0.270 e. The number of piperidine rings is 1. The second kappa shape index (κ2) is 6.47. The van der Waals surface area contributed by atoms with E-state index >= 15 is 0 Å². The third-order valence-corrected chi connectivity index (χ3v) is 6.33. The number of carbonyl (C=O) groups is 1. The molecule has 0 aliphatic carbocycles. The van der Waals surface area contributed by atoms with Crippen molar-refractivity contribution in [2.24, 2.45) is 5.92 Å². The molecule has 2 unspecified atom stereocenters. The molecule has 2 aliphatic heterocycles. The molecule has 0 radical (unpaired) electrons. The molecule has 3 heterocycles. The van der Waals surface area contributed by atoms with Gasteiger partial charge in [-0.15, -0.1) is 0 Å². The fourth-order valence-electron chi connectivity index (χ4n) is 3.33. The van der Waals surface area contributed by atoms with Gasteiger partial charge in [0.05, 0.1) is 11.5 Å². The van der Waals surface area contributed by atoms with Crippen LogP contribution >= 0.6 is 0 Å². The minimum Gasteiger partial charge on any atom is -0.371 e. The van der Waals surface area contributed by atoms with Crippen LogP contribution in [0.25, 0.3) is 0 Å². The van der Waals surface area contributed by atoms with Gasteiger partial charge < -0.3 is 10.2 Å². The summed E-state index contributed by atoms with van der Waals surface area (Å²) in [5, 5.41) is 2.79. The van der Waals surface area contributed by atoms with E-state index in [2.05, 4.69) is 22.1 Å². The average Bonchev–Trinajstić information content (AvgIpc) is 2.86. The fourth-order valence-corrected chi connectivity index (χ4v) is 5.01. The first kappa shape index (κ1) is 16.2. The van der Waals surface area contributed by atoms with Gasteiger partial charge in [-0.25, -0.2) is 8.42 Å². The Hall–Kier alpha value is -1.63. The molecule has 3 rings (SSSR count). The maximum absolute atomic E-state index is 12.3. The number of rotatable bonds is 3. The Kier molecular flexibility index (Phi) is 4.57. The van der Waals surface area contributed by atoms with Crippen molar-refractivity contribution < 1.29 is 13.2 Å². The summed E-state index contributed by atoms with van der Waals surface area (Å²) >= 11 is 0. The summed E-state index contributed by atoms with van der Waals surface area (Å²) in [5.74, 6) is 0.538. The second-order valence-electron chi connectivity index (χ2n) is 6.67. The number of pyridine rings is 1. The molecule has 0 spiro atoms. The Balaban J connectivity index is 1.68. The van der Waals surface area contributed by atoms with Crippen LogP contribution in [0.1, 0.15) is 36.7 Å². The van der Waals surface area contributed by atoms with E-state index in [1.54, 1.807) is 12.3 Å². The number of anilines is 1. The lowest BCUT2D eigenvalue weighted by molar-refractivity contribution is 0.0936. The fraction of sp³-hybridized carbons (Fsp3) is 0.625. The normalized spacial score (nSPS) is 26.9. The molecule has 126 valence electrons. The van der Waals surface area contributed by atoms with Crippen molar-refractivity contribution >= 4 is 21.4 Å². The Bertz CT molecular complexity index is 690. The number of amides is 1. The number of hydrogen-bond acceptors (Lipinski definition) is 5. The van der Waals surface area contributed by atoms with Crippen molar-refractivity contribution in [3.63, 3.8) is 0 Å². The molecule has 2 aliphatic rings. The van der Waals surface area contributed by atoms with E-state index < -0.39 is 9.84 Å². The summed E-state index contributed by atoms with van der Waals surface area (Å²) in [5.41, 5.74) is 1.36. The zero-order valence-corrected chi connectivity index (χ0v) is 14.2. The molecule has 1 amide bonds. The smallest absolute Gasteiger partial charge is 0.270 e. The molecule has 1 aromatic heterocycles. The highest BCUT2D eigenvalue weighted by molar-refractivity contribution is 7.91. The first-order valence-electron chi connectivity index (χ1n) is 8.15. The number of nitrogens with one attached hydrogen (secondary N) is 1. The molecule has 2 fully saturated rings. The molecule has 7 heteroatoms. The van der Waals surface area contributed by atoms with Gasteiger partial charge in [0.15, 0.2) is 9.84 Å². The molecular formula is C16H23N3O3S. The SMILES string of the molecule is CC1CCCN(c2ccnc(C(=O)NC3CCS(=O)(=O)C3)c2)C1. The number of sulfone groups is 1. The van der Waals surface area contributed by atoms with Gasteiger partial charge >= 0.3 is 0 Å². The summed E-state index contributed by atoms with van der Waals surface area (Å²) in [6.07, 6.45) is 4.53. The molecule has 1 aromatic rings. The Morgan fingerprint density at radius 2 is 2.22 bits per heavy atom. The van der Waals surface area contributed by atoms with Crippen molar-refractivity contribution in [2.75, 3.05) is 29.5 Å². The molecule has 2 atom stereocenters. The van der Waals surface area contributed by atoms with E-state index in [1.165, 1.54) is 6.42 Å². The monoisotopic (exact) mass is 337 g/mol. The van der Waals surface area contributed by atoms with Gasteiger partial charge in [-0.3, -0.25) is 9.78 Å². The Morgan fingerprint density at radius 3 is 2.91 bits per heavy atom. The van der Waals surface area contributed by atoms with Gasteiger partial charge in [-0.05, 0) is 37.3 Å². The largest absolute Gasteiger partial charge is 0.371 e. The predicted molar refractivity (Wildman–Crippen MR) is 89.4 cm³/mol. The van der Waals surface area contributed by atoms with Gasteiger partial charge in [-0.1, -0.05) is 6.92 Å². The van der Waals surface area contributed by atoms with E-state index in [0.717, 1.165) is 25.2 Å². The van der Waals surface area contributed by atoms with Crippen LogP contribution < -0.4 is 10.2 Å². The first-order valence-corrected chi connectivity index (χ1v) is 9.97. The highest BCUT2D eigenvalue weighted by Crippen LogP contribution is 2.23. The molecular weight excluding hydrogens is 314 g/mol. The number of carbonyl (C=O) groups excluding carboxylic acids is 1. The molecule has 2 saturated heterocycles. The lowest BCUT2D eigenvalue weighted by atomic mass is 10.00. The quantitative estimate of drug-likeness (QED) is 0.897. The van der Waals surface area contributed by atoms with Crippen LogP contribution in [0.4, 0.5) is 5.69 Å². The van der Waals surface area contributed by atoms with Crippen LogP contribution in [0.3, 0.4) is 0 Å². The molecule has 23 heavy (non-hydrogen) atoms. The highest BCUT2D eigenvalue weighted by atomic mass is 32.2. The van der Waals surface area contributed by atoms with Gasteiger partial charge in [0, 0.05) is 31.0 Å². The molecule has 0 aromatic carbocycles. The Labute approximate surface area is 137 Å². The van der Waals surface area contributed by atoms with Crippen molar-refractivity contribution in [3.05, 3.63) is 24.0 Å².